The molecule has 0 radical (unpaired) electrons. The molecule has 2 heterocycles. The molecule has 21 heavy (non-hydrogen) atoms. The number of aliphatic hydroxyl groups is 1. The molecule has 0 spiro atoms. The van der Waals surface area contributed by atoms with Crippen molar-refractivity contribution in [1.82, 2.24) is 15.1 Å². The highest BCUT2D eigenvalue weighted by molar-refractivity contribution is 5.63. The van der Waals surface area contributed by atoms with E-state index in [1.165, 1.54) is 16.7 Å². The molecular formula is C17H23N3O. The zero-order valence-corrected chi connectivity index (χ0v) is 12.5. The van der Waals surface area contributed by atoms with E-state index in [0.29, 0.717) is 12.5 Å². The zero-order chi connectivity index (χ0) is 14.7. The molecule has 2 N–H and O–H groups in total. The summed E-state index contributed by atoms with van der Waals surface area (Å²) >= 11 is 0. The van der Waals surface area contributed by atoms with Crippen LogP contribution < -0.4 is 0 Å². The van der Waals surface area contributed by atoms with Crippen LogP contribution >= 0.6 is 0 Å². The molecule has 0 amide bonds. The highest BCUT2D eigenvalue weighted by atomic mass is 16.3. The van der Waals surface area contributed by atoms with Gasteiger partial charge in [-0.2, -0.15) is 5.10 Å². The van der Waals surface area contributed by atoms with Crippen LogP contribution in [0.25, 0.3) is 11.3 Å². The molecule has 0 aliphatic carbocycles. The molecule has 3 rings (SSSR count). The lowest BCUT2D eigenvalue weighted by molar-refractivity contribution is 0.127. The summed E-state index contributed by atoms with van der Waals surface area (Å²) < 4.78 is 0. The van der Waals surface area contributed by atoms with Gasteiger partial charge < -0.3 is 5.11 Å². The molecule has 0 saturated carbocycles. The molecule has 112 valence electrons. The Balaban J connectivity index is 1.72. The Morgan fingerprint density at radius 1 is 1.33 bits per heavy atom. The van der Waals surface area contributed by atoms with E-state index in [4.69, 9.17) is 0 Å². The molecule has 0 atom stereocenters. The van der Waals surface area contributed by atoms with E-state index in [0.717, 1.165) is 38.2 Å². The summed E-state index contributed by atoms with van der Waals surface area (Å²) in [5.41, 5.74) is 4.84. The molecule has 0 bridgehead atoms. The Hall–Kier alpha value is -1.65. The van der Waals surface area contributed by atoms with Crippen molar-refractivity contribution in [2.45, 2.75) is 26.3 Å². The monoisotopic (exact) mass is 285 g/mol. The van der Waals surface area contributed by atoms with Crippen molar-refractivity contribution < 1.29 is 5.11 Å². The summed E-state index contributed by atoms with van der Waals surface area (Å²) in [4.78, 5) is 2.45. The minimum absolute atomic E-state index is 0.327. The van der Waals surface area contributed by atoms with Crippen LogP contribution in [0.1, 0.15) is 24.0 Å². The second kappa shape index (κ2) is 6.41. The summed E-state index contributed by atoms with van der Waals surface area (Å²) in [7, 11) is 0. The smallest absolute Gasteiger partial charge is 0.0695 e. The average molecular weight is 285 g/mol. The van der Waals surface area contributed by atoms with E-state index in [1.807, 2.05) is 6.20 Å². The SMILES string of the molecule is Cc1cccc(-c2[nH]ncc2CN2CCC(CO)CC2)c1. The van der Waals surface area contributed by atoms with E-state index >= 15 is 0 Å². The van der Waals surface area contributed by atoms with Crippen LogP contribution in [-0.2, 0) is 6.54 Å². The Morgan fingerprint density at radius 2 is 2.14 bits per heavy atom. The standard InChI is InChI=1S/C17H23N3O/c1-13-3-2-4-15(9-13)17-16(10-18-19-17)11-20-7-5-14(12-21)6-8-20/h2-4,9-10,14,21H,5-8,11-12H2,1H3,(H,18,19). The largest absolute Gasteiger partial charge is 0.396 e. The number of benzene rings is 1. The Kier molecular flexibility index (Phi) is 4.36. The minimum Gasteiger partial charge on any atom is -0.396 e. The fraction of sp³-hybridized carbons (Fsp3) is 0.471. The molecule has 0 unspecified atom stereocenters. The van der Waals surface area contributed by atoms with Gasteiger partial charge in [-0.3, -0.25) is 10.00 Å². The van der Waals surface area contributed by atoms with Crippen molar-refractivity contribution in [1.29, 1.82) is 0 Å². The Morgan fingerprint density at radius 3 is 2.86 bits per heavy atom. The highest BCUT2D eigenvalue weighted by Gasteiger charge is 2.20. The number of H-pyrrole nitrogens is 1. The molecule has 4 nitrogen and oxygen atoms in total. The van der Waals surface area contributed by atoms with Gasteiger partial charge >= 0.3 is 0 Å². The Bertz CT molecular complexity index is 585. The molecule has 1 aliphatic heterocycles. The third kappa shape index (κ3) is 3.34. The van der Waals surface area contributed by atoms with E-state index in [2.05, 4.69) is 46.3 Å². The van der Waals surface area contributed by atoms with Crippen LogP contribution in [0.15, 0.2) is 30.5 Å². The van der Waals surface area contributed by atoms with E-state index in [9.17, 15) is 5.11 Å². The fourth-order valence-corrected chi connectivity index (χ4v) is 3.05. The van der Waals surface area contributed by atoms with Gasteiger partial charge in [-0.05, 0) is 44.8 Å². The molecule has 1 aromatic carbocycles. The maximum Gasteiger partial charge on any atom is 0.0695 e. The molecule has 1 aromatic heterocycles. The van der Waals surface area contributed by atoms with Gasteiger partial charge in [0, 0.05) is 24.3 Å². The number of aromatic nitrogens is 2. The molecule has 2 aromatic rings. The number of aryl methyl sites for hydroxylation is 1. The second-order valence-electron chi connectivity index (χ2n) is 6.04. The van der Waals surface area contributed by atoms with E-state index in [1.54, 1.807) is 0 Å². The first-order valence-electron chi connectivity index (χ1n) is 7.69. The van der Waals surface area contributed by atoms with Crippen molar-refractivity contribution in [2.24, 2.45) is 5.92 Å². The van der Waals surface area contributed by atoms with Crippen molar-refractivity contribution in [3.63, 3.8) is 0 Å². The topological polar surface area (TPSA) is 52.2 Å². The third-order valence-electron chi connectivity index (χ3n) is 4.38. The Labute approximate surface area is 125 Å². The molecular weight excluding hydrogens is 262 g/mol. The first-order chi connectivity index (χ1) is 10.3. The van der Waals surface area contributed by atoms with Crippen molar-refractivity contribution in [3.05, 3.63) is 41.6 Å². The predicted molar refractivity (Wildman–Crippen MR) is 83.8 cm³/mol. The predicted octanol–water partition coefficient (Wildman–Crippen LogP) is 2.59. The lowest BCUT2D eigenvalue weighted by atomic mass is 9.97. The zero-order valence-electron chi connectivity index (χ0n) is 12.5. The van der Waals surface area contributed by atoms with Crippen LogP contribution in [0.3, 0.4) is 0 Å². The fourth-order valence-electron chi connectivity index (χ4n) is 3.05. The summed E-state index contributed by atoms with van der Waals surface area (Å²) in [6, 6.07) is 8.51. The van der Waals surface area contributed by atoms with Gasteiger partial charge in [0.15, 0.2) is 0 Å². The number of aromatic amines is 1. The quantitative estimate of drug-likeness (QED) is 0.908. The van der Waals surface area contributed by atoms with Crippen LogP contribution in [0.5, 0.6) is 0 Å². The second-order valence-corrected chi connectivity index (χ2v) is 6.04. The number of rotatable bonds is 4. The number of nitrogens with one attached hydrogen (secondary N) is 1. The summed E-state index contributed by atoms with van der Waals surface area (Å²) in [6.07, 6.45) is 4.12. The van der Waals surface area contributed by atoms with Crippen LogP contribution in [0.4, 0.5) is 0 Å². The molecule has 1 fully saturated rings. The lowest BCUT2D eigenvalue weighted by Gasteiger charge is -2.30. The molecule has 1 saturated heterocycles. The van der Waals surface area contributed by atoms with Gasteiger partial charge in [0.2, 0.25) is 0 Å². The average Bonchev–Trinajstić information content (AvgIpc) is 2.96. The van der Waals surface area contributed by atoms with Gasteiger partial charge in [0.1, 0.15) is 0 Å². The van der Waals surface area contributed by atoms with Gasteiger partial charge in [0.05, 0.1) is 11.9 Å². The van der Waals surface area contributed by atoms with Crippen LogP contribution in [0, 0.1) is 12.8 Å². The first kappa shape index (κ1) is 14.3. The number of nitrogens with zero attached hydrogens (tertiary/aromatic N) is 2. The summed E-state index contributed by atoms with van der Waals surface area (Å²) in [5, 5.41) is 16.6. The molecule has 4 heteroatoms. The summed E-state index contributed by atoms with van der Waals surface area (Å²) in [5.74, 6) is 0.488. The van der Waals surface area contributed by atoms with E-state index < -0.39 is 0 Å². The third-order valence-corrected chi connectivity index (χ3v) is 4.38. The van der Waals surface area contributed by atoms with Crippen molar-refractivity contribution in [3.8, 4) is 11.3 Å². The van der Waals surface area contributed by atoms with Gasteiger partial charge in [0.25, 0.3) is 0 Å². The first-order valence-corrected chi connectivity index (χ1v) is 7.69. The van der Waals surface area contributed by atoms with E-state index in [-0.39, 0.29) is 0 Å². The van der Waals surface area contributed by atoms with Gasteiger partial charge in [-0.25, -0.2) is 0 Å². The molecule has 1 aliphatic rings. The van der Waals surface area contributed by atoms with Crippen LogP contribution in [0.2, 0.25) is 0 Å². The number of hydrogen-bond acceptors (Lipinski definition) is 3. The van der Waals surface area contributed by atoms with Gasteiger partial charge in [-0.15, -0.1) is 0 Å². The highest BCUT2D eigenvalue weighted by Crippen LogP contribution is 2.25. The lowest BCUT2D eigenvalue weighted by Crippen LogP contribution is -2.34. The number of aliphatic hydroxyl groups excluding tert-OH is 1. The van der Waals surface area contributed by atoms with Gasteiger partial charge in [-0.1, -0.05) is 23.8 Å². The van der Waals surface area contributed by atoms with Crippen LogP contribution in [-0.4, -0.2) is 39.9 Å². The minimum atomic E-state index is 0.327. The van der Waals surface area contributed by atoms with Crippen molar-refractivity contribution in [2.75, 3.05) is 19.7 Å². The maximum atomic E-state index is 9.22. The number of likely N-dealkylation sites (tertiary alicyclic amines) is 1. The van der Waals surface area contributed by atoms with Crippen molar-refractivity contribution >= 4 is 0 Å². The normalized spacial score (nSPS) is 17.2. The number of piperidine rings is 1. The summed E-state index contributed by atoms with van der Waals surface area (Å²) in [6.45, 7) is 5.48. The maximum absolute atomic E-state index is 9.22. The number of hydrogen-bond donors (Lipinski definition) is 2.